The van der Waals surface area contributed by atoms with Gasteiger partial charge in [0.2, 0.25) is 5.95 Å². The van der Waals surface area contributed by atoms with Crippen LogP contribution in [0.3, 0.4) is 0 Å². The number of hydrogen-bond donors (Lipinski definition) is 2. The average molecular weight is 505 g/mol. The molecule has 0 saturated carbocycles. The van der Waals surface area contributed by atoms with Gasteiger partial charge < -0.3 is 29.9 Å². The van der Waals surface area contributed by atoms with E-state index < -0.39 is 12.1 Å². The second kappa shape index (κ2) is 11.7. The lowest BCUT2D eigenvalue weighted by atomic mass is 10.1. The first-order valence-electron chi connectivity index (χ1n) is 12.2. The number of anilines is 3. The first kappa shape index (κ1) is 25.9. The summed E-state index contributed by atoms with van der Waals surface area (Å²) < 4.78 is 5.97. The fraction of sp³-hybridized carbons (Fsp3) is 0.333. The van der Waals surface area contributed by atoms with Gasteiger partial charge in [-0.05, 0) is 30.2 Å². The molecule has 1 aliphatic rings. The van der Waals surface area contributed by atoms with Crippen molar-refractivity contribution in [3.05, 3.63) is 77.5 Å². The Balaban J connectivity index is 1.49. The van der Waals surface area contributed by atoms with Crippen LogP contribution in [-0.4, -0.2) is 72.3 Å². The molecule has 0 aliphatic carbocycles. The highest BCUT2D eigenvalue weighted by Gasteiger charge is 2.28. The largest absolute Gasteiger partial charge is 0.465 e. The Bertz CT molecular complexity index is 1240. The summed E-state index contributed by atoms with van der Waals surface area (Å²) in [6, 6.07) is 16.6. The van der Waals surface area contributed by atoms with Crippen molar-refractivity contribution in [1.29, 1.82) is 0 Å². The Hall–Kier alpha value is -4.18. The number of nitrogens with zero attached hydrogens (tertiary/aromatic N) is 5. The number of amides is 2. The average Bonchev–Trinajstić information content (AvgIpc) is 3.03. The molecule has 1 atom stereocenters. The van der Waals surface area contributed by atoms with E-state index in [2.05, 4.69) is 15.3 Å². The molecular weight excluding hydrogens is 472 g/mol. The van der Waals surface area contributed by atoms with Crippen LogP contribution in [0.15, 0.2) is 60.8 Å². The molecule has 10 nitrogen and oxygen atoms in total. The highest BCUT2D eigenvalue weighted by atomic mass is 16.5. The van der Waals surface area contributed by atoms with Gasteiger partial charge in [0.15, 0.2) is 0 Å². The normalized spacial score (nSPS) is 14.1. The molecule has 2 heterocycles. The summed E-state index contributed by atoms with van der Waals surface area (Å²) in [6.45, 7) is 4.24. The highest BCUT2D eigenvalue weighted by molar-refractivity contribution is 6.09. The first-order valence-corrected chi connectivity index (χ1v) is 12.2. The number of fused-ring (bicyclic) bond motifs is 1. The second-order valence-electron chi connectivity index (χ2n) is 8.84. The lowest BCUT2D eigenvalue weighted by Crippen LogP contribution is -2.33. The molecule has 1 unspecified atom stereocenters. The van der Waals surface area contributed by atoms with Crippen molar-refractivity contribution in [3.63, 3.8) is 0 Å². The maximum absolute atomic E-state index is 13.5. The third kappa shape index (κ3) is 5.97. The van der Waals surface area contributed by atoms with Crippen LogP contribution in [0.1, 0.15) is 34.5 Å². The van der Waals surface area contributed by atoms with Gasteiger partial charge in [0.1, 0.15) is 11.4 Å². The van der Waals surface area contributed by atoms with Gasteiger partial charge in [-0.3, -0.25) is 4.79 Å². The van der Waals surface area contributed by atoms with Crippen LogP contribution in [0.5, 0.6) is 0 Å². The number of carbonyl (C=O) groups excluding carboxylic acids is 1. The molecule has 194 valence electrons. The van der Waals surface area contributed by atoms with E-state index in [1.54, 1.807) is 11.1 Å². The van der Waals surface area contributed by atoms with E-state index >= 15 is 0 Å². The summed E-state index contributed by atoms with van der Waals surface area (Å²) in [7, 11) is 3.45. The minimum atomic E-state index is -1.02. The maximum atomic E-state index is 13.5. The van der Waals surface area contributed by atoms with E-state index in [4.69, 9.17) is 4.74 Å². The summed E-state index contributed by atoms with van der Waals surface area (Å²) in [5.41, 5.74) is 2.95. The fourth-order valence-electron chi connectivity index (χ4n) is 4.25. The van der Waals surface area contributed by atoms with Crippen molar-refractivity contribution in [2.24, 2.45) is 0 Å². The first-order chi connectivity index (χ1) is 17.9. The number of carbonyl (C=O) groups is 2. The van der Waals surface area contributed by atoms with Gasteiger partial charge >= 0.3 is 6.09 Å². The molecule has 1 aliphatic heterocycles. The van der Waals surface area contributed by atoms with Crippen LogP contribution < -0.4 is 15.1 Å². The van der Waals surface area contributed by atoms with Gasteiger partial charge in [0.25, 0.3) is 5.91 Å². The van der Waals surface area contributed by atoms with Crippen molar-refractivity contribution in [3.8, 4) is 0 Å². The third-order valence-corrected chi connectivity index (χ3v) is 6.32. The predicted octanol–water partition coefficient (Wildman–Crippen LogP) is 3.87. The van der Waals surface area contributed by atoms with E-state index in [1.807, 2.05) is 73.5 Å². The molecule has 10 heteroatoms. The van der Waals surface area contributed by atoms with E-state index in [1.165, 1.54) is 11.9 Å². The Labute approximate surface area is 216 Å². The lowest BCUT2D eigenvalue weighted by Gasteiger charge is -2.26. The molecule has 0 bridgehead atoms. The number of ether oxygens (including phenoxy) is 1. The number of likely N-dealkylation sites (N-methyl/N-ethyl adjacent to an activating group) is 2. The van der Waals surface area contributed by atoms with Gasteiger partial charge in [-0.15, -0.1) is 0 Å². The zero-order valence-electron chi connectivity index (χ0n) is 21.3. The van der Waals surface area contributed by atoms with E-state index in [0.29, 0.717) is 37.0 Å². The summed E-state index contributed by atoms with van der Waals surface area (Å²) in [4.78, 5) is 38.9. The Morgan fingerprint density at radius 1 is 1.19 bits per heavy atom. The van der Waals surface area contributed by atoms with Crippen LogP contribution in [0, 0.1) is 0 Å². The van der Waals surface area contributed by atoms with E-state index in [-0.39, 0.29) is 19.1 Å². The lowest BCUT2D eigenvalue weighted by molar-refractivity contribution is 0.0580. The van der Waals surface area contributed by atoms with Crippen LogP contribution >= 0.6 is 0 Å². The predicted molar refractivity (Wildman–Crippen MR) is 142 cm³/mol. The minimum Gasteiger partial charge on any atom is -0.465 e. The summed E-state index contributed by atoms with van der Waals surface area (Å²) in [5.74, 6) is 0.941. The number of carboxylic acid groups (broad SMARTS) is 1. The van der Waals surface area contributed by atoms with E-state index in [9.17, 15) is 14.7 Å². The molecule has 2 aromatic carbocycles. The van der Waals surface area contributed by atoms with Crippen LogP contribution in [0.25, 0.3) is 0 Å². The van der Waals surface area contributed by atoms with Crippen molar-refractivity contribution >= 4 is 29.5 Å². The molecule has 37 heavy (non-hydrogen) atoms. The Morgan fingerprint density at radius 3 is 2.70 bits per heavy atom. The van der Waals surface area contributed by atoms with Gasteiger partial charge in [-0.1, -0.05) is 42.5 Å². The highest BCUT2D eigenvalue weighted by Crippen LogP contribution is 2.27. The fourth-order valence-corrected chi connectivity index (χ4v) is 4.25. The van der Waals surface area contributed by atoms with Crippen molar-refractivity contribution in [2.75, 3.05) is 55.5 Å². The smallest absolute Gasteiger partial charge is 0.407 e. The van der Waals surface area contributed by atoms with Gasteiger partial charge in [0, 0.05) is 45.6 Å². The Morgan fingerprint density at radius 2 is 1.97 bits per heavy atom. The van der Waals surface area contributed by atoms with Gasteiger partial charge in [-0.2, -0.15) is 4.98 Å². The zero-order chi connectivity index (χ0) is 26.4. The molecule has 0 fully saturated rings. The summed E-state index contributed by atoms with van der Waals surface area (Å²) in [5, 5.41) is 12.6. The minimum absolute atomic E-state index is 0.160. The molecule has 2 amide bonds. The standard InChI is InChI=1S/C27H32N6O4/c1-4-28-26-29-16-22-24(30-26)31(2)13-14-33(25(22)34)21-12-8-9-19(15-21)17-37-18-23(32(3)27(35)36)20-10-6-5-7-11-20/h5-12,15-16,23H,4,13-14,17-18H2,1-3H3,(H,35,36)(H,28,29,30). The summed E-state index contributed by atoms with van der Waals surface area (Å²) in [6.07, 6.45) is 0.554. The monoisotopic (exact) mass is 504 g/mol. The number of aromatic nitrogens is 2. The molecule has 3 aromatic rings. The third-order valence-electron chi connectivity index (χ3n) is 6.32. The SMILES string of the molecule is CCNc1ncc2c(n1)N(C)CCN(c1cccc(COCC(c3ccccc3)N(C)C(=O)O)c1)C2=O. The number of benzene rings is 2. The van der Waals surface area contributed by atoms with E-state index in [0.717, 1.165) is 16.8 Å². The molecule has 0 radical (unpaired) electrons. The van der Waals surface area contributed by atoms with Crippen LogP contribution in [0.4, 0.5) is 22.2 Å². The van der Waals surface area contributed by atoms with Crippen LogP contribution in [-0.2, 0) is 11.3 Å². The van der Waals surface area contributed by atoms with Crippen molar-refractivity contribution in [1.82, 2.24) is 14.9 Å². The molecule has 4 rings (SSSR count). The maximum Gasteiger partial charge on any atom is 0.407 e. The molecular formula is C27H32N6O4. The number of rotatable bonds is 9. The molecule has 2 N–H and O–H groups in total. The Kier molecular flexibility index (Phi) is 8.19. The van der Waals surface area contributed by atoms with Gasteiger partial charge in [0.05, 0.1) is 19.3 Å². The zero-order valence-corrected chi connectivity index (χ0v) is 21.3. The van der Waals surface area contributed by atoms with Crippen LogP contribution in [0.2, 0.25) is 0 Å². The van der Waals surface area contributed by atoms with Crippen molar-refractivity contribution in [2.45, 2.75) is 19.6 Å². The molecule has 0 spiro atoms. The summed E-state index contributed by atoms with van der Waals surface area (Å²) >= 11 is 0. The molecule has 0 saturated heterocycles. The quantitative estimate of drug-likeness (QED) is 0.452. The number of nitrogens with one attached hydrogen (secondary N) is 1. The van der Waals surface area contributed by atoms with Gasteiger partial charge in [-0.25, -0.2) is 9.78 Å². The number of hydrogen-bond acceptors (Lipinski definition) is 7. The van der Waals surface area contributed by atoms with Crippen molar-refractivity contribution < 1.29 is 19.4 Å². The topological polar surface area (TPSA) is 111 Å². The second-order valence-corrected chi connectivity index (χ2v) is 8.84. The molecule has 1 aromatic heterocycles.